The van der Waals surface area contributed by atoms with Crippen molar-refractivity contribution >= 4 is 0 Å². The van der Waals surface area contributed by atoms with Crippen LogP contribution in [0.1, 0.15) is 43.7 Å². The van der Waals surface area contributed by atoms with E-state index in [1.807, 2.05) is 13.8 Å². The maximum Gasteiger partial charge on any atom is 0.0683 e. The molecule has 2 nitrogen and oxygen atoms in total. The first-order valence-corrected chi connectivity index (χ1v) is 6.82. The van der Waals surface area contributed by atoms with E-state index in [4.69, 9.17) is 5.26 Å². The van der Waals surface area contributed by atoms with Crippen LogP contribution in [0, 0.1) is 16.7 Å². The van der Waals surface area contributed by atoms with E-state index in [9.17, 15) is 0 Å². The number of nitrogens with one attached hydrogen (secondary N) is 1. The van der Waals surface area contributed by atoms with Gasteiger partial charge in [0.05, 0.1) is 11.5 Å². The van der Waals surface area contributed by atoms with Gasteiger partial charge in [0, 0.05) is 12.5 Å². The fourth-order valence-electron chi connectivity index (χ4n) is 2.53. The molecule has 96 valence electrons. The molecule has 0 radical (unpaired) electrons. The smallest absolute Gasteiger partial charge is 0.0683 e. The summed E-state index contributed by atoms with van der Waals surface area (Å²) < 4.78 is 0. The predicted octanol–water partition coefficient (Wildman–Crippen LogP) is 3.25. The highest BCUT2D eigenvalue weighted by Gasteiger charge is 2.24. The second kappa shape index (κ2) is 5.54. The van der Waals surface area contributed by atoms with Crippen LogP contribution in [0.4, 0.5) is 0 Å². The van der Waals surface area contributed by atoms with E-state index in [1.54, 1.807) is 0 Å². The van der Waals surface area contributed by atoms with Crippen LogP contribution in [-0.4, -0.2) is 13.1 Å². The minimum atomic E-state index is -0.176. The molecule has 0 aromatic heterocycles. The van der Waals surface area contributed by atoms with Crippen LogP contribution in [-0.2, 0) is 6.42 Å². The number of fused-ring (bicyclic) bond motifs is 1. The van der Waals surface area contributed by atoms with Crippen LogP contribution in [0.2, 0.25) is 0 Å². The predicted molar refractivity (Wildman–Crippen MR) is 74.4 cm³/mol. The Morgan fingerprint density at radius 1 is 1.39 bits per heavy atom. The summed E-state index contributed by atoms with van der Waals surface area (Å²) in [6.07, 6.45) is 3.26. The van der Waals surface area contributed by atoms with Crippen molar-refractivity contribution in [2.75, 3.05) is 13.1 Å². The molecule has 2 rings (SSSR count). The molecule has 0 saturated heterocycles. The maximum atomic E-state index is 8.92. The van der Waals surface area contributed by atoms with Crippen LogP contribution in [0.25, 0.3) is 0 Å². The lowest BCUT2D eigenvalue weighted by Gasteiger charge is -2.30. The quantitative estimate of drug-likeness (QED) is 0.777. The molecule has 0 heterocycles. The maximum absolute atomic E-state index is 8.92. The Morgan fingerprint density at radius 2 is 2.17 bits per heavy atom. The monoisotopic (exact) mass is 242 g/mol. The van der Waals surface area contributed by atoms with Gasteiger partial charge in [0.2, 0.25) is 0 Å². The summed E-state index contributed by atoms with van der Waals surface area (Å²) in [5.41, 5.74) is 2.85. The van der Waals surface area contributed by atoms with Crippen molar-refractivity contribution in [3.8, 4) is 6.07 Å². The summed E-state index contributed by atoms with van der Waals surface area (Å²) in [5.74, 6) is 0.699. The molecule has 1 unspecified atom stereocenters. The first kappa shape index (κ1) is 13.1. The zero-order chi connectivity index (χ0) is 13.0. The van der Waals surface area contributed by atoms with Gasteiger partial charge in [-0.3, -0.25) is 0 Å². The fraction of sp³-hybridized carbons (Fsp3) is 0.562. The number of benzene rings is 1. The minimum absolute atomic E-state index is 0.176. The molecule has 0 spiro atoms. The lowest BCUT2D eigenvalue weighted by atomic mass is 9.77. The Morgan fingerprint density at radius 3 is 2.89 bits per heavy atom. The van der Waals surface area contributed by atoms with Gasteiger partial charge in [0.1, 0.15) is 0 Å². The van der Waals surface area contributed by atoms with Gasteiger partial charge < -0.3 is 5.32 Å². The van der Waals surface area contributed by atoms with Gasteiger partial charge in [-0.25, -0.2) is 0 Å². The second-order valence-corrected chi connectivity index (χ2v) is 5.90. The van der Waals surface area contributed by atoms with Crippen LogP contribution in [0.5, 0.6) is 0 Å². The molecule has 1 N–H and O–H groups in total. The Labute approximate surface area is 110 Å². The van der Waals surface area contributed by atoms with Crippen molar-refractivity contribution in [3.63, 3.8) is 0 Å². The molecule has 1 aliphatic carbocycles. The molecule has 1 aromatic rings. The molecule has 1 atom stereocenters. The van der Waals surface area contributed by atoms with Gasteiger partial charge in [0.15, 0.2) is 0 Å². The minimum Gasteiger partial charge on any atom is -0.316 e. The SMILES string of the molecule is CC(C)(C#N)CCCNCC1Cc2ccccc21. The summed E-state index contributed by atoms with van der Waals surface area (Å²) in [6, 6.07) is 11.1. The number of hydrogen-bond acceptors (Lipinski definition) is 2. The van der Waals surface area contributed by atoms with Crippen LogP contribution in [0.15, 0.2) is 24.3 Å². The van der Waals surface area contributed by atoms with Crippen molar-refractivity contribution in [1.82, 2.24) is 5.32 Å². The van der Waals surface area contributed by atoms with E-state index in [1.165, 1.54) is 17.5 Å². The zero-order valence-corrected chi connectivity index (χ0v) is 11.4. The lowest BCUT2D eigenvalue weighted by molar-refractivity contribution is 0.420. The van der Waals surface area contributed by atoms with Crippen molar-refractivity contribution in [2.24, 2.45) is 5.41 Å². The Balaban J connectivity index is 1.63. The number of hydrogen-bond donors (Lipinski definition) is 1. The van der Waals surface area contributed by atoms with E-state index < -0.39 is 0 Å². The molecule has 18 heavy (non-hydrogen) atoms. The van der Waals surface area contributed by atoms with Gasteiger partial charge >= 0.3 is 0 Å². The van der Waals surface area contributed by atoms with Gasteiger partial charge in [-0.1, -0.05) is 24.3 Å². The van der Waals surface area contributed by atoms with Gasteiger partial charge in [-0.2, -0.15) is 5.26 Å². The van der Waals surface area contributed by atoms with Gasteiger partial charge in [-0.15, -0.1) is 0 Å². The van der Waals surface area contributed by atoms with E-state index >= 15 is 0 Å². The van der Waals surface area contributed by atoms with Crippen molar-refractivity contribution in [1.29, 1.82) is 5.26 Å². The number of nitriles is 1. The van der Waals surface area contributed by atoms with Crippen LogP contribution < -0.4 is 5.32 Å². The third-order valence-corrected chi connectivity index (χ3v) is 3.81. The van der Waals surface area contributed by atoms with Gasteiger partial charge in [0.25, 0.3) is 0 Å². The molecule has 0 bridgehead atoms. The highest BCUT2D eigenvalue weighted by molar-refractivity contribution is 5.40. The molecule has 1 aromatic carbocycles. The highest BCUT2D eigenvalue weighted by atomic mass is 14.9. The Kier molecular flexibility index (Phi) is 4.04. The van der Waals surface area contributed by atoms with Gasteiger partial charge in [-0.05, 0) is 50.8 Å². The summed E-state index contributed by atoms with van der Waals surface area (Å²) >= 11 is 0. The van der Waals surface area contributed by atoms with E-state index in [0.29, 0.717) is 5.92 Å². The first-order chi connectivity index (χ1) is 8.62. The lowest BCUT2D eigenvalue weighted by Crippen LogP contribution is -2.30. The molecular weight excluding hydrogens is 220 g/mol. The number of rotatable bonds is 6. The normalized spacial score (nSPS) is 17.7. The largest absolute Gasteiger partial charge is 0.316 e. The summed E-state index contributed by atoms with van der Waals surface area (Å²) in [4.78, 5) is 0. The van der Waals surface area contributed by atoms with Crippen LogP contribution in [0.3, 0.4) is 0 Å². The average molecular weight is 242 g/mol. The van der Waals surface area contributed by atoms with Crippen molar-refractivity contribution in [2.45, 2.75) is 39.0 Å². The number of nitrogens with zero attached hydrogens (tertiary/aromatic N) is 1. The van der Waals surface area contributed by atoms with E-state index in [-0.39, 0.29) is 5.41 Å². The van der Waals surface area contributed by atoms with Crippen molar-refractivity contribution in [3.05, 3.63) is 35.4 Å². The summed E-state index contributed by atoms with van der Waals surface area (Å²) in [7, 11) is 0. The molecule has 1 aliphatic rings. The molecule has 0 amide bonds. The van der Waals surface area contributed by atoms with Crippen molar-refractivity contribution < 1.29 is 0 Å². The molecule has 0 fully saturated rings. The molecule has 2 heteroatoms. The zero-order valence-electron chi connectivity index (χ0n) is 11.4. The standard InChI is InChI=1S/C16H22N2/c1-16(2,12-17)8-5-9-18-11-14-10-13-6-3-4-7-15(13)14/h3-4,6-7,14,18H,5,8-11H2,1-2H3. The third kappa shape index (κ3) is 3.11. The van der Waals surface area contributed by atoms with Crippen LogP contribution >= 0.6 is 0 Å². The summed E-state index contributed by atoms with van der Waals surface area (Å²) in [6.45, 7) is 6.11. The topological polar surface area (TPSA) is 35.8 Å². The highest BCUT2D eigenvalue weighted by Crippen LogP contribution is 2.33. The third-order valence-electron chi connectivity index (χ3n) is 3.81. The molecular formula is C16H22N2. The first-order valence-electron chi connectivity index (χ1n) is 6.82. The Hall–Kier alpha value is -1.33. The molecule has 0 saturated carbocycles. The fourth-order valence-corrected chi connectivity index (χ4v) is 2.53. The molecule has 0 aliphatic heterocycles. The average Bonchev–Trinajstić information content (AvgIpc) is 2.34. The van der Waals surface area contributed by atoms with E-state index in [0.717, 1.165) is 25.9 Å². The summed E-state index contributed by atoms with van der Waals surface area (Å²) in [5, 5.41) is 12.4. The Bertz CT molecular complexity index is 443. The second-order valence-electron chi connectivity index (χ2n) is 5.90. The van der Waals surface area contributed by atoms with E-state index in [2.05, 4.69) is 35.7 Å².